The van der Waals surface area contributed by atoms with E-state index in [1.165, 1.54) is 42.5 Å². The lowest BCUT2D eigenvalue weighted by atomic mass is 10.1. The molecule has 0 atom stereocenters. The summed E-state index contributed by atoms with van der Waals surface area (Å²) in [5.74, 6) is -5.40. The van der Waals surface area contributed by atoms with Crippen LogP contribution in [0.2, 0.25) is 0 Å². The first-order chi connectivity index (χ1) is 24.9. The second-order valence-corrected chi connectivity index (χ2v) is 16.4. The summed E-state index contributed by atoms with van der Waals surface area (Å²) in [6, 6.07) is 24.0. The molecule has 7 nitrogen and oxygen atoms in total. The molecule has 17 heteroatoms. The van der Waals surface area contributed by atoms with E-state index in [2.05, 4.69) is 11.3 Å². The van der Waals surface area contributed by atoms with Gasteiger partial charge in [-0.3, -0.25) is 0 Å². The molecule has 0 aliphatic heterocycles. The van der Waals surface area contributed by atoms with Gasteiger partial charge in [-0.2, -0.15) is 8.78 Å². The van der Waals surface area contributed by atoms with Crippen molar-refractivity contribution in [1.82, 2.24) is 0 Å². The summed E-state index contributed by atoms with van der Waals surface area (Å²) < 4.78 is 123. The van der Waals surface area contributed by atoms with Crippen LogP contribution in [0.4, 0.5) is 26.3 Å². The van der Waals surface area contributed by atoms with Crippen molar-refractivity contribution >= 4 is 84.2 Å². The molecule has 0 spiro atoms. The van der Waals surface area contributed by atoms with E-state index in [-0.39, 0.29) is 16.9 Å². The number of hydrogen-bond acceptors (Lipinski definition) is 7. The van der Waals surface area contributed by atoms with Gasteiger partial charge in [0.05, 0.1) is 20.0 Å². The molecule has 5 aromatic rings. The molecule has 0 saturated heterocycles. The van der Waals surface area contributed by atoms with Gasteiger partial charge in [-0.1, -0.05) is 43.0 Å². The fourth-order valence-electron chi connectivity index (χ4n) is 4.28. The second kappa shape index (κ2) is 17.9. The molecule has 0 bridgehead atoms. The van der Waals surface area contributed by atoms with E-state index in [1.807, 2.05) is 22.6 Å². The van der Waals surface area contributed by atoms with Crippen molar-refractivity contribution in [2.45, 2.75) is 19.9 Å². The van der Waals surface area contributed by atoms with Gasteiger partial charge in [0.15, 0.2) is 37.2 Å². The van der Waals surface area contributed by atoms with Crippen LogP contribution < -0.4 is 4.74 Å². The number of halogens is 8. The van der Waals surface area contributed by atoms with Crippen LogP contribution in [0.3, 0.4) is 0 Å². The van der Waals surface area contributed by atoms with Crippen molar-refractivity contribution in [2.24, 2.45) is 0 Å². The minimum atomic E-state index is -6.02. The molecule has 0 heterocycles. The van der Waals surface area contributed by atoms with E-state index < -0.39 is 68.1 Å². The maximum Gasteiger partial charge on any atom is 0.367 e. The predicted molar refractivity (Wildman–Crippen MR) is 200 cm³/mol. The third kappa shape index (κ3) is 11.3. The fourth-order valence-corrected chi connectivity index (χ4v) is 8.61. The highest BCUT2D eigenvalue weighted by molar-refractivity contribution is 14.1. The molecule has 276 valence electrons. The lowest BCUT2D eigenvalue weighted by molar-refractivity contribution is -0.0101. The Labute approximate surface area is 329 Å². The summed E-state index contributed by atoms with van der Waals surface area (Å²) in [5.41, 5.74) is 0.522. The summed E-state index contributed by atoms with van der Waals surface area (Å²) >= 11 is 3.60. The van der Waals surface area contributed by atoms with Crippen LogP contribution in [0.25, 0.3) is 6.08 Å². The van der Waals surface area contributed by atoms with Gasteiger partial charge in [0.25, 0.3) is 0 Å². The quantitative estimate of drug-likeness (QED) is 0.0343. The zero-order valence-corrected chi connectivity index (χ0v) is 32.5. The monoisotopic (exact) mass is 998 g/mol. The number of benzene rings is 5. The molecular weight excluding hydrogens is 976 g/mol. The topological polar surface area (TPSA) is 110 Å². The van der Waals surface area contributed by atoms with Gasteiger partial charge in [-0.15, -0.1) is 0 Å². The van der Waals surface area contributed by atoms with E-state index in [4.69, 9.17) is 4.74 Å². The highest BCUT2D eigenvalue weighted by Gasteiger charge is 2.40. The van der Waals surface area contributed by atoms with Gasteiger partial charge >= 0.3 is 17.2 Å². The van der Waals surface area contributed by atoms with Crippen molar-refractivity contribution in [3.8, 4) is 5.75 Å². The molecular formula is C36H22F6I2O7S2. The van der Waals surface area contributed by atoms with E-state index in [0.29, 0.717) is 21.8 Å². The van der Waals surface area contributed by atoms with Gasteiger partial charge < -0.3 is 14.0 Å². The molecule has 0 radical (unpaired) electrons. The Bertz CT molecular complexity index is 2170. The van der Waals surface area contributed by atoms with E-state index >= 15 is 0 Å². The molecule has 0 aromatic heterocycles. The van der Waals surface area contributed by atoms with E-state index in [0.717, 1.165) is 17.7 Å². The highest BCUT2D eigenvalue weighted by Crippen LogP contribution is 2.33. The maximum atomic E-state index is 13.6. The molecule has 0 amide bonds. The first-order valence-corrected chi connectivity index (χ1v) is 19.3. The van der Waals surface area contributed by atoms with Crippen LogP contribution in [0.1, 0.15) is 26.3 Å². The Morgan fingerprint density at radius 3 is 1.74 bits per heavy atom. The molecule has 5 rings (SSSR count). The number of ether oxygens (including phenoxy) is 2. The molecule has 53 heavy (non-hydrogen) atoms. The fraction of sp³-hybridized carbons (Fsp3) is 0.0556. The molecule has 0 aliphatic rings. The van der Waals surface area contributed by atoms with Crippen LogP contribution in [-0.2, 0) is 25.7 Å². The smallest absolute Gasteiger partial charge is 0.367 e. The van der Waals surface area contributed by atoms with Crippen molar-refractivity contribution in [3.05, 3.63) is 157 Å². The second-order valence-electron chi connectivity index (χ2n) is 10.5. The van der Waals surface area contributed by atoms with E-state index in [9.17, 15) is 48.9 Å². The zero-order valence-electron chi connectivity index (χ0n) is 26.5. The number of carbonyl (C=O) groups excluding carboxylic acids is 2. The lowest BCUT2D eigenvalue weighted by Gasteiger charge is -2.20. The van der Waals surface area contributed by atoms with Gasteiger partial charge in [-0.05, 0) is 87.1 Å². The summed E-state index contributed by atoms with van der Waals surface area (Å²) in [5, 5.41) is -4.80. The van der Waals surface area contributed by atoms with Crippen LogP contribution in [-0.4, -0.2) is 36.8 Å². The van der Waals surface area contributed by atoms with Crippen molar-refractivity contribution < 1.29 is 58.4 Å². The Balaban J connectivity index is 0.000000244. The summed E-state index contributed by atoms with van der Waals surface area (Å²) in [6.07, 6.45) is 1.57. The highest BCUT2D eigenvalue weighted by atomic mass is 127. The SMILES string of the molecule is C=Cc1ccc(C(=O)Oc2c(I)cc(I)cc2C(=O)OCC(F)(F)S(=O)(=O)[O-])cc1.Fc1cc(F)cc([S+](c2ccccc2)c2cc(F)cc(F)c2)c1. The Morgan fingerprint density at radius 2 is 1.26 bits per heavy atom. The van der Waals surface area contributed by atoms with Gasteiger partial charge in [0.1, 0.15) is 28.8 Å². The van der Waals surface area contributed by atoms with Crippen LogP contribution >= 0.6 is 45.2 Å². The van der Waals surface area contributed by atoms with Gasteiger partial charge in [-0.25, -0.2) is 35.6 Å². The first kappa shape index (κ1) is 41.8. The number of rotatable bonds is 10. The minimum Gasteiger partial charge on any atom is -0.743 e. The van der Waals surface area contributed by atoms with Gasteiger partial charge in [0, 0.05) is 40.0 Å². The summed E-state index contributed by atoms with van der Waals surface area (Å²) in [4.78, 5) is 26.1. The number of esters is 2. The zero-order chi connectivity index (χ0) is 39.1. The summed E-state index contributed by atoms with van der Waals surface area (Å²) in [6.45, 7) is 1.62. The Morgan fingerprint density at radius 1 is 0.755 bits per heavy atom. The minimum absolute atomic E-state index is 0.151. The number of alkyl halides is 2. The number of hydrogen-bond donors (Lipinski definition) is 0. The molecule has 0 unspecified atom stereocenters. The van der Waals surface area contributed by atoms with Crippen LogP contribution in [0.5, 0.6) is 5.75 Å². The van der Waals surface area contributed by atoms with Gasteiger partial charge in [0.2, 0.25) is 0 Å². The summed E-state index contributed by atoms with van der Waals surface area (Å²) in [7, 11) is -7.04. The molecule has 5 aromatic carbocycles. The first-order valence-electron chi connectivity index (χ1n) is 14.5. The van der Waals surface area contributed by atoms with Crippen molar-refractivity contribution in [2.75, 3.05) is 6.61 Å². The Kier molecular flexibility index (Phi) is 14.2. The standard InChI is InChI=1S/C18H11F4S.C18H12F2I2O7S/c19-12-6-13(20)9-17(8-12)23(16-4-2-1-3-5-16)18-10-14(21)7-15(22)11-18;1-2-10-3-5-11(6-4-10)16(23)29-15-13(7-12(21)8-14(15)22)17(24)28-9-18(19,20)30(25,26)27/h1-11H;2-8H,1,9H2,(H,25,26,27)/q+1;/p-1. The van der Waals surface area contributed by atoms with Crippen LogP contribution in [0.15, 0.2) is 124 Å². The van der Waals surface area contributed by atoms with Crippen molar-refractivity contribution in [1.29, 1.82) is 0 Å². The largest absolute Gasteiger partial charge is 0.743 e. The molecule has 0 aliphatic carbocycles. The number of carbonyl (C=O) groups is 2. The normalized spacial score (nSPS) is 11.4. The average molecular weight is 998 g/mol. The van der Waals surface area contributed by atoms with Crippen LogP contribution in [0, 0.1) is 30.4 Å². The maximum absolute atomic E-state index is 13.6. The van der Waals surface area contributed by atoms with Crippen molar-refractivity contribution in [3.63, 3.8) is 0 Å². The Hall–Kier alpha value is -3.92. The third-order valence-electron chi connectivity index (χ3n) is 6.66. The van der Waals surface area contributed by atoms with E-state index in [1.54, 1.807) is 77.2 Å². The molecule has 0 saturated carbocycles. The molecule has 0 N–H and O–H groups in total. The average Bonchev–Trinajstić information content (AvgIpc) is 3.08. The predicted octanol–water partition coefficient (Wildman–Crippen LogP) is 9.39. The lowest BCUT2D eigenvalue weighted by Crippen LogP contribution is -2.34. The molecule has 0 fully saturated rings. The third-order valence-corrected chi connectivity index (χ3v) is 11.1.